The van der Waals surface area contributed by atoms with Crippen LogP contribution in [0.4, 0.5) is 8.78 Å². The van der Waals surface area contributed by atoms with E-state index in [1.807, 2.05) is 0 Å². The number of nitrogens with zero attached hydrogens (tertiary/aromatic N) is 1. The first kappa shape index (κ1) is 9.64. The molecule has 1 rings (SSSR count). The normalized spacial score (nSPS) is 16.0. The van der Waals surface area contributed by atoms with Gasteiger partial charge in [0.15, 0.2) is 5.08 Å². The number of hydrogen-bond donors (Lipinski definition) is 1. The van der Waals surface area contributed by atoms with Crippen LogP contribution in [0.2, 0.25) is 0 Å². The van der Waals surface area contributed by atoms with Gasteiger partial charge in [0, 0.05) is 12.1 Å². The highest BCUT2D eigenvalue weighted by molar-refractivity contribution is 9.09. The largest absolute Gasteiger partial charge is 0.283 e. The Hall–Kier alpha value is -0.450. The van der Waals surface area contributed by atoms with Crippen molar-refractivity contribution in [3.8, 4) is 0 Å². The third kappa shape index (κ3) is 2.27. The fraction of sp³-hybridized carbons (Fsp3) is 0.571. The molecule has 0 fully saturated rings. The second-order valence-electron chi connectivity index (χ2n) is 2.57. The Balaban J connectivity index is 2.58. The third-order valence-electron chi connectivity index (χ3n) is 1.62. The van der Waals surface area contributed by atoms with Crippen molar-refractivity contribution in [2.75, 3.05) is 0 Å². The fourth-order valence-electron chi connectivity index (χ4n) is 0.881. The number of H-pyrrole nitrogens is 1. The van der Waals surface area contributed by atoms with Crippen LogP contribution in [0.3, 0.4) is 0 Å². The topological polar surface area (TPSA) is 28.7 Å². The van der Waals surface area contributed by atoms with E-state index < -0.39 is 11.3 Å². The Morgan fingerprint density at radius 3 is 2.75 bits per heavy atom. The van der Waals surface area contributed by atoms with Crippen LogP contribution in [-0.2, 0) is 6.42 Å². The summed E-state index contributed by atoms with van der Waals surface area (Å²) in [6.07, 6.45) is 0.0489. The van der Waals surface area contributed by atoms with Gasteiger partial charge < -0.3 is 0 Å². The zero-order valence-corrected chi connectivity index (χ0v) is 8.11. The number of aryl methyl sites for hydroxylation is 1. The Kier molecular flexibility index (Phi) is 3.20. The van der Waals surface area contributed by atoms with E-state index in [4.69, 9.17) is 0 Å². The zero-order chi connectivity index (χ0) is 9.14. The maximum Gasteiger partial charge on any atom is 0.186 e. The van der Waals surface area contributed by atoms with Gasteiger partial charge in [-0.25, -0.2) is 8.78 Å². The summed E-state index contributed by atoms with van der Waals surface area (Å²) in [6, 6.07) is 0. The maximum absolute atomic E-state index is 12.8. The number of nitrogens with one attached hydrogen (secondary N) is 1. The minimum Gasteiger partial charge on any atom is -0.283 e. The molecule has 0 bridgehead atoms. The second-order valence-corrected chi connectivity index (χ2v) is 3.45. The quantitative estimate of drug-likeness (QED) is 0.805. The molecule has 2 unspecified atom stereocenters. The minimum absolute atomic E-state index is 0.0503. The molecular formula is C7H9BrF2N2. The first-order valence-corrected chi connectivity index (χ1v) is 4.44. The molecule has 2 nitrogen and oxygen atoms in total. The smallest absolute Gasteiger partial charge is 0.186 e. The van der Waals surface area contributed by atoms with Crippen LogP contribution in [0.1, 0.15) is 11.3 Å². The lowest BCUT2D eigenvalue weighted by atomic mass is 10.1. The van der Waals surface area contributed by atoms with Crippen LogP contribution in [0, 0.1) is 6.92 Å². The fourth-order valence-corrected chi connectivity index (χ4v) is 1.07. The molecule has 12 heavy (non-hydrogen) atoms. The number of aromatic amines is 1. The second kappa shape index (κ2) is 3.98. The highest BCUT2D eigenvalue weighted by atomic mass is 79.9. The molecular weight excluding hydrogens is 230 g/mol. The van der Waals surface area contributed by atoms with Crippen molar-refractivity contribution in [2.24, 2.45) is 0 Å². The molecule has 68 valence electrons. The van der Waals surface area contributed by atoms with Gasteiger partial charge in [0.1, 0.15) is 6.17 Å². The predicted molar refractivity (Wildman–Crippen MR) is 45.7 cm³/mol. The van der Waals surface area contributed by atoms with Gasteiger partial charge in [0.2, 0.25) is 0 Å². The molecule has 1 N–H and O–H groups in total. The SMILES string of the molecule is Cc1[nH]ncc1CC(F)C(F)Br. The van der Waals surface area contributed by atoms with Crippen molar-refractivity contribution in [1.29, 1.82) is 0 Å². The predicted octanol–water partition coefficient (Wildman–Crippen LogP) is 2.29. The van der Waals surface area contributed by atoms with Crippen LogP contribution in [-0.4, -0.2) is 21.4 Å². The summed E-state index contributed by atoms with van der Waals surface area (Å²) in [5.41, 5.74) is 1.50. The number of hydrogen-bond acceptors (Lipinski definition) is 1. The van der Waals surface area contributed by atoms with Gasteiger partial charge in [0.05, 0.1) is 6.20 Å². The number of aromatic nitrogens is 2. The van der Waals surface area contributed by atoms with Crippen LogP contribution in [0.5, 0.6) is 0 Å². The highest BCUT2D eigenvalue weighted by Crippen LogP contribution is 2.16. The molecule has 0 aromatic carbocycles. The van der Waals surface area contributed by atoms with Crippen LogP contribution in [0.25, 0.3) is 0 Å². The van der Waals surface area contributed by atoms with Gasteiger partial charge in [-0.15, -0.1) is 0 Å². The summed E-state index contributed by atoms with van der Waals surface area (Å²) in [5.74, 6) is 0. The van der Waals surface area contributed by atoms with Gasteiger partial charge in [-0.2, -0.15) is 5.10 Å². The van der Waals surface area contributed by atoms with Crippen LogP contribution >= 0.6 is 15.9 Å². The standard InChI is InChI=1S/C7H9BrF2N2/c1-4-5(3-11-12-4)2-6(9)7(8)10/h3,6-7H,2H2,1H3,(H,11,12). The lowest BCUT2D eigenvalue weighted by molar-refractivity contribution is 0.239. The Morgan fingerprint density at radius 2 is 2.33 bits per heavy atom. The molecule has 0 saturated carbocycles. The summed E-state index contributed by atoms with van der Waals surface area (Å²) in [7, 11) is 0. The first-order chi connectivity index (χ1) is 5.61. The molecule has 1 aromatic heterocycles. The van der Waals surface area contributed by atoms with Gasteiger partial charge in [-0.1, -0.05) is 0 Å². The molecule has 0 amide bonds. The summed E-state index contributed by atoms with van der Waals surface area (Å²) in [6.45, 7) is 1.77. The molecule has 0 spiro atoms. The molecule has 1 aromatic rings. The van der Waals surface area contributed by atoms with Crippen LogP contribution < -0.4 is 0 Å². The van der Waals surface area contributed by atoms with E-state index in [1.165, 1.54) is 6.20 Å². The van der Waals surface area contributed by atoms with Gasteiger partial charge >= 0.3 is 0 Å². The van der Waals surface area contributed by atoms with E-state index in [9.17, 15) is 8.78 Å². The number of rotatable bonds is 3. The van der Waals surface area contributed by atoms with Crippen molar-refractivity contribution in [3.05, 3.63) is 17.5 Å². The van der Waals surface area contributed by atoms with Gasteiger partial charge in [-0.05, 0) is 28.4 Å². The van der Waals surface area contributed by atoms with Crippen molar-refractivity contribution < 1.29 is 8.78 Å². The Labute approximate surface area is 77.5 Å². The number of halogens is 3. The van der Waals surface area contributed by atoms with Gasteiger partial charge in [0.25, 0.3) is 0 Å². The molecule has 5 heteroatoms. The summed E-state index contributed by atoms with van der Waals surface area (Å²) < 4.78 is 25.1. The van der Waals surface area contributed by atoms with E-state index in [0.717, 1.165) is 5.69 Å². The van der Waals surface area contributed by atoms with Crippen molar-refractivity contribution in [2.45, 2.75) is 24.6 Å². The van der Waals surface area contributed by atoms with Crippen molar-refractivity contribution >= 4 is 15.9 Å². The molecule has 1 heterocycles. The zero-order valence-electron chi connectivity index (χ0n) is 6.52. The maximum atomic E-state index is 12.8. The highest BCUT2D eigenvalue weighted by Gasteiger charge is 2.18. The molecule has 0 aliphatic heterocycles. The van der Waals surface area contributed by atoms with Crippen molar-refractivity contribution in [1.82, 2.24) is 10.2 Å². The molecule has 0 saturated heterocycles. The summed E-state index contributed by atoms with van der Waals surface area (Å²) >= 11 is 2.54. The van der Waals surface area contributed by atoms with Gasteiger partial charge in [-0.3, -0.25) is 5.10 Å². The lowest BCUT2D eigenvalue weighted by Gasteiger charge is -2.06. The average Bonchev–Trinajstić information content (AvgIpc) is 2.36. The van der Waals surface area contributed by atoms with E-state index in [1.54, 1.807) is 6.92 Å². The lowest BCUT2D eigenvalue weighted by Crippen LogP contribution is -2.13. The van der Waals surface area contributed by atoms with Crippen molar-refractivity contribution in [3.63, 3.8) is 0 Å². The molecule has 0 aliphatic carbocycles. The summed E-state index contributed by atoms with van der Waals surface area (Å²) in [5, 5.41) is 4.76. The van der Waals surface area contributed by atoms with E-state index in [-0.39, 0.29) is 6.42 Å². The molecule has 0 radical (unpaired) electrons. The molecule has 0 aliphatic rings. The van der Waals surface area contributed by atoms with E-state index in [2.05, 4.69) is 26.1 Å². The molecule has 2 atom stereocenters. The van der Waals surface area contributed by atoms with E-state index in [0.29, 0.717) is 5.56 Å². The Morgan fingerprint density at radius 1 is 1.67 bits per heavy atom. The average molecular weight is 239 g/mol. The first-order valence-electron chi connectivity index (χ1n) is 3.52. The van der Waals surface area contributed by atoms with E-state index >= 15 is 0 Å². The minimum atomic E-state index is -1.60. The summed E-state index contributed by atoms with van der Waals surface area (Å²) in [4.78, 5) is 0. The Bertz CT molecular complexity index is 249. The number of alkyl halides is 3. The monoisotopic (exact) mass is 238 g/mol. The van der Waals surface area contributed by atoms with Crippen LogP contribution in [0.15, 0.2) is 6.20 Å². The third-order valence-corrected chi connectivity index (χ3v) is 2.20.